The number of hydrogen-bond acceptors (Lipinski definition) is 4. The smallest absolute Gasteiger partial charge is 0.228 e. The fourth-order valence-electron chi connectivity index (χ4n) is 2.21. The molecule has 2 N–H and O–H groups in total. The van der Waals surface area contributed by atoms with Crippen molar-refractivity contribution in [1.29, 1.82) is 0 Å². The Hall–Kier alpha value is -1.01. The van der Waals surface area contributed by atoms with Gasteiger partial charge in [-0.2, -0.15) is 0 Å². The van der Waals surface area contributed by atoms with E-state index in [9.17, 15) is 4.79 Å². The summed E-state index contributed by atoms with van der Waals surface area (Å²) in [6.07, 6.45) is 0.854. The quantitative estimate of drug-likeness (QED) is 0.743. The molecule has 22 heavy (non-hydrogen) atoms. The second kappa shape index (κ2) is 9.90. The Morgan fingerprint density at radius 2 is 2.27 bits per heavy atom. The number of amides is 1. The molecule has 1 aliphatic rings. The van der Waals surface area contributed by atoms with Crippen LogP contribution in [0.3, 0.4) is 0 Å². The van der Waals surface area contributed by atoms with Gasteiger partial charge >= 0.3 is 0 Å². The predicted octanol–water partition coefficient (Wildman–Crippen LogP) is 2.73. The average Bonchev–Trinajstić information content (AvgIpc) is 3.00. The van der Waals surface area contributed by atoms with Crippen molar-refractivity contribution in [3.05, 3.63) is 23.2 Å². The van der Waals surface area contributed by atoms with Crippen LogP contribution in [0.2, 0.25) is 5.02 Å². The Kier molecular flexibility index (Phi) is 8.56. The summed E-state index contributed by atoms with van der Waals surface area (Å²) in [4.78, 5) is 12.2. The molecule has 1 unspecified atom stereocenters. The monoisotopic (exact) mass is 348 g/mol. The van der Waals surface area contributed by atoms with Crippen LogP contribution in [0.1, 0.15) is 13.3 Å². The zero-order valence-electron chi connectivity index (χ0n) is 12.6. The standard InChI is InChI=1S/C15H21ClN2O3.ClH/c1-2-20-8-9-21-14-12(16)4-3-5-13(14)18-15(19)11-6-7-17-10-11;/h3-5,11,17H,2,6-10H2,1H3,(H,18,19);1H. The highest BCUT2D eigenvalue weighted by molar-refractivity contribution is 6.32. The molecule has 0 spiro atoms. The minimum atomic E-state index is -0.00285. The lowest BCUT2D eigenvalue weighted by molar-refractivity contribution is -0.119. The van der Waals surface area contributed by atoms with Crippen LogP contribution >= 0.6 is 24.0 Å². The Balaban J connectivity index is 0.00000242. The number of nitrogens with one attached hydrogen (secondary N) is 2. The van der Waals surface area contributed by atoms with Crippen molar-refractivity contribution in [2.24, 2.45) is 5.92 Å². The fourth-order valence-corrected chi connectivity index (χ4v) is 2.44. The molecular weight excluding hydrogens is 327 g/mol. The normalized spacial score (nSPS) is 16.9. The molecule has 1 aliphatic heterocycles. The first-order valence-electron chi connectivity index (χ1n) is 7.23. The van der Waals surface area contributed by atoms with E-state index < -0.39 is 0 Å². The van der Waals surface area contributed by atoms with Gasteiger partial charge in [-0.3, -0.25) is 4.79 Å². The first-order valence-corrected chi connectivity index (χ1v) is 7.60. The summed E-state index contributed by atoms with van der Waals surface area (Å²) in [5.74, 6) is 0.496. The Bertz CT molecular complexity index is 480. The van der Waals surface area contributed by atoms with Crippen molar-refractivity contribution in [2.75, 3.05) is 38.2 Å². The minimum Gasteiger partial charge on any atom is -0.487 e. The predicted molar refractivity (Wildman–Crippen MR) is 90.3 cm³/mol. The van der Waals surface area contributed by atoms with Crippen molar-refractivity contribution in [1.82, 2.24) is 5.32 Å². The van der Waals surface area contributed by atoms with Gasteiger partial charge in [0, 0.05) is 13.2 Å². The van der Waals surface area contributed by atoms with Crippen molar-refractivity contribution in [3.63, 3.8) is 0 Å². The summed E-state index contributed by atoms with van der Waals surface area (Å²) in [6, 6.07) is 5.33. The van der Waals surface area contributed by atoms with Crippen LogP contribution in [0.25, 0.3) is 0 Å². The molecule has 1 atom stereocenters. The fraction of sp³-hybridized carbons (Fsp3) is 0.533. The number of anilines is 1. The van der Waals surface area contributed by atoms with Gasteiger partial charge in [-0.05, 0) is 32.0 Å². The van der Waals surface area contributed by atoms with Crippen LogP contribution in [0.15, 0.2) is 18.2 Å². The minimum absolute atomic E-state index is 0. The van der Waals surface area contributed by atoms with Crippen LogP contribution in [-0.2, 0) is 9.53 Å². The van der Waals surface area contributed by atoms with E-state index in [1.807, 2.05) is 6.92 Å². The average molecular weight is 349 g/mol. The van der Waals surface area contributed by atoms with Crippen molar-refractivity contribution in [2.45, 2.75) is 13.3 Å². The summed E-state index contributed by atoms with van der Waals surface area (Å²) in [6.45, 7) is 5.05. The molecule has 1 aromatic carbocycles. The van der Waals surface area contributed by atoms with E-state index in [-0.39, 0.29) is 24.2 Å². The Morgan fingerprint density at radius 3 is 2.95 bits per heavy atom. The molecule has 1 fully saturated rings. The number of hydrogen-bond donors (Lipinski definition) is 2. The van der Waals surface area contributed by atoms with E-state index >= 15 is 0 Å². The van der Waals surface area contributed by atoms with Crippen LogP contribution in [-0.4, -0.2) is 38.8 Å². The molecule has 1 heterocycles. The van der Waals surface area contributed by atoms with E-state index in [0.29, 0.717) is 42.8 Å². The van der Waals surface area contributed by atoms with Crippen LogP contribution in [0.5, 0.6) is 5.75 Å². The third kappa shape index (κ3) is 5.32. The molecule has 1 saturated heterocycles. The lowest BCUT2D eigenvalue weighted by atomic mass is 10.1. The summed E-state index contributed by atoms with van der Waals surface area (Å²) >= 11 is 6.16. The summed E-state index contributed by atoms with van der Waals surface area (Å²) in [5.41, 5.74) is 0.607. The number of rotatable bonds is 7. The molecule has 0 saturated carbocycles. The summed E-state index contributed by atoms with van der Waals surface area (Å²) in [7, 11) is 0. The molecule has 0 radical (unpaired) electrons. The zero-order chi connectivity index (χ0) is 15.1. The van der Waals surface area contributed by atoms with Gasteiger partial charge in [-0.15, -0.1) is 12.4 Å². The van der Waals surface area contributed by atoms with Gasteiger partial charge in [-0.1, -0.05) is 17.7 Å². The third-order valence-corrected chi connectivity index (χ3v) is 3.63. The lowest BCUT2D eigenvalue weighted by Crippen LogP contribution is -2.25. The maximum atomic E-state index is 12.2. The van der Waals surface area contributed by atoms with Crippen molar-refractivity contribution < 1.29 is 14.3 Å². The number of carbonyl (C=O) groups excluding carboxylic acids is 1. The second-order valence-corrected chi connectivity index (χ2v) is 5.25. The van der Waals surface area contributed by atoms with E-state index in [4.69, 9.17) is 21.1 Å². The molecule has 1 aromatic rings. The van der Waals surface area contributed by atoms with Gasteiger partial charge in [-0.25, -0.2) is 0 Å². The summed E-state index contributed by atoms with van der Waals surface area (Å²) in [5, 5.41) is 6.56. The molecule has 0 aliphatic carbocycles. The first-order chi connectivity index (χ1) is 10.2. The molecule has 5 nitrogen and oxygen atoms in total. The lowest BCUT2D eigenvalue weighted by Gasteiger charge is -2.15. The van der Waals surface area contributed by atoms with Gasteiger partial charge in [0.2, 0.25) is 5.91 Å². The molecule has 0 bridgehead atoms. The highest BCUT2D eigenvalue weighted by atomic mass is 35.5. The number of halogens is 2. The molecule has 124 valence electrons. The van der Waals surface area contributed by atoms with Crippen LogP contribution < -0.4 is 15.4 Å². The maximum absolute atomic E-state index is 12.2. The van der Waals surface area contributed by atoms with E-state index in [1.165, 1.54) is 0 Å². The number of carbonyl (C=O) groups is 1. The summed E-state index contributed by atoms with van der Waals surface area (Å²) < 4.78 is 10.9. The third-order valence-electron chi connectivity index (χ3n) is 3.33. The number of benzene rings is 1. The largest absolute Gasteiger partial charge is 0.487 e. The number of ether oxygens (including phenoxy) is 2. The Morgan fingerprint density at radius 1 is 1.45 bits per heavy atom. The van der Waals surface area contributed by atoms with Crippen molar-refractivity contribution in [3.8, 4) is 5.75 Å². The van der Waals surface area contributed by atoms with Crippen LogP contribution in [0.4, 0.5) is 5.69 Å². The van der Waals surface area contributed by atoms with E-state index in [0.717, 1.165) is 13.0 Å². The maximum Gasteiger partial charge on any atom is 0.228 e. The molecule has 7 heteroatoms. The first kappa shape index (κ1) is 19.0. The van der Waals surface area contributed by atoms with Gasteiger partial charge in [0.1, 0.15) is 6.61 Å². The highest BCUT2D eigenvalue weighted by Crippen LogP contribution is 2.33. The van der Waals surface area contributed by atoms with E-state index in [2.05, 4.69) is 10.6 Å². The van der Waals surface area contributed by atoms with Gasteiger partial charge in [0.05, 0.1) is 23.2 Å². The SMILES string of the molecule is CCOCCOc1c(Cl)cccc1NC(=O)C1CCNC1.Cl. The Labute approximate surface area is 142 Å². The highest BCUT2D eigenvalue weighted by Gasteiger charge is 2.23. The van der Waals surface area contributed by atoms with Crippen molar-refractivity contribution >= 4 is 35.6 Å². The molecule has 2 rings (SSSR count). The molecular formula is C15H22Cl2N2O3. The topological polar surface area (TPSA) is 59.6 Å². The zero-order valence-corrected chi connectivity index (χ0v) is 14.1. The van der Waals surface area contributed by atoms with Gasteiger partial charge in [0.25, 0.3) is 0 Å². The van der Waals surface area contributed by atoms with E-state index in [1.54, 1.807) is 18.2 Å². The second-order valence-electron chi connectivity index (χ2n) is 4.84. The number of para-hydroxylation sites is 1. The molecule has 0 aromatic heterocycles. The van der Waals surface area contributed by atoms with Gasteiger partial charge < -0.3 is 20.1 Å². The van der Waals surface area contributed by atoms with Gasteiger partial charge in [0.15, 0.2) is 5.75 Å². The molecule has 1 amide bonds. The van der Waals surface area contributed by atoms with Crippen LogP contribution in [0, 0.1) is 5.92 Å².